The fourth-order valence-electron chi connectivity index (χ4n) is 15.1. The van der Waals surface area contributed by atoms with Gasteiger partial charge in [-0.1, -0.05) is 80.0 Å². The Kier molecular flexibility index (Phi) is 41.9. The number of aliphatic carboxylic acids is 1. The molecule has 0 spiro atoms. The number of carboxylic acid groups (broad SMARTS) is 1. The van der Waals surface area contributed by atoms with Gasteiger partial charge in [-0.15, -0.1) is 0 Å². The Labute approximate surface area is 804 Å². The largest absolute Gasteiger partial charge is 0.504 e. The summed E-state index contributed by atoms with van der Waals surface area (Å²) < 4.78 is 95.5. The number of carboxylic acids is 1. The standard InChI is InChI=1S/C22H26O7.C17H20O8.C13H14O3.C12H12O4.C12H16O2.C11H14O3.2C10H12O2/c1-11-5-12(6-16(25-2)19(11)23)21-14-9-29-22(15(14)10-28-21)13-7-17(26-3)20(24)18(8-13)27-4;1-17(16(23)24)7-12(20)15(22)13(8-17)25-14(21)5-3-9-2-4-10(18)11(19)6-9;1-8-5-6-10-7-11(14-3)9(2)12(15-4)13(10)16-8;1-7-4-5-8-6-9(14-2)10(13)12(15-3)11(8)16-7;1-5-6-10-7-11(13-3)9(2)12(8-10)14-4;1-4-5-8-6-9(13-2)11(12)10(7-8)14-3;2*1-3-4-8-5-6-9(11)10(7-8)12-2/h5-8,14-15,21-24H,9-10H2,1-4H3;2-6,12-13,15,18-20,22H,7-8H2,1H3,(H,23,24);5-7H,1H2,2-4H3;4-6,13H,1H2,2-3H3;5-8H,1-4H3;4-7,12H,1-3H3;2*3-7,11H,1-2H3/b;5-3+;;;6-5+;5-4+;2*4-3+/t14?,15?,21-,22-;;;;;;;/m1......./s1. The van der Waals surface area contributed by atoms with Crippen LogP contribution in [0.4, 0.5) is 0 Å². The summed E-state index contributed by atoms with van der Waals surface area (Å²) in [5.41, 5.74) is 9.44. The smallest absolute Gasteiger partial charge is 0.331 e. The molecule has 2 saturated heterocycles. The van der Waals surface area contributed by atoms with Crippen LogP contribution < -0.4 is 71.1 Å². The number of benzene rings is 9. The number of phenolic OH excluding ortho intramolecular Hbond substituents is 8. The molecule has 4 aliphatic heterocycles. The molecule has 31 nitrogen and oxygen atoms in total. The molecule has 1 aliphatic carbocycles. The maximum absolute atomic E-state index is 11.9. The van der Waals surface area contributed by atoms with E-state index in [0.717, 1.165) is 84.5 Å². The number of aromatic hydroxyl groups is 8. The number of rotatable bonds is 23. The van der Waals surface area contributed by atoms with Crippen LogP contribution in [-0.2, 0) is 23.8 Å². The molecule has 9 aromatic rings. The van der Waals surface area contributed by atoms with E-state index in [-0.39, 0.29) is 88.6 Å². The molecule has 0 amide bonds. The van der Waals surface area contributed by atoms with Crippen LogP contribution in [0.15, 0.2) is 182 Å². The average molecular weight is 1910 g/mol. The molecule has 4 heterocycles. The first-order chi connectivity index (χ1) is 65.9. The Hall–Kier alpha value is -15.2. The fourth-order valence-corrected chi connectivity index (χ4v) is 15.1. The van der Waals surface area contributed by atoms with Crippen LogP contribution >= 0.6 is 0 Å². The number of hydrogen-bond donors (Lipinski definition) is 11. The summed E-state index contributed by atoms with van der Waals surface area (Å²) in [7, 11) is 20.2. The van der Waals surface area contributed by atoms with Gasteiger partial charge in [0, 0.05) is 46.6 Å². The van der Waals surface area contributed by atoms with E-state index >= 15 is 0 Å². The third kappa shape index (κ3) is 28.5. The van der Waals surface area contributed by atoms with Crippen LogP contribution in [0.3, 0.4) is 0 Å². The molecule has 8 atom stereocenters. The van der Waals surface area contributed by atoms with Crippen molar-refractivity contribution in [3.63, 3.8) is 0 Å². The summed E-state index contributed by atoms with van der Waals surface area (Å²) in [6.07, 6.45) is 20.8. The first kappa shape index (κ1) is 110. The number of aryl methyl sites for hydroxylation is 1. The number of hydrogen-bond acceptors (Lipinski definition) is 30. The summed E-state index contributed by atoms with van der Waals surface area (Å²) in [5.74, 6) is 7.14. The Morgan fingerprint density at radius 1 is 0.384 bits per heavy atom. The van der Waals surface area contributed by atoms with Gasteiger partial charge < -0.3 is 141 Å². The van der Waals surface area contributed by atoms with E-state index in [1.54, 1.807) is 89.1 Å². The topological polar surface area (TPSA) is 423 Å². The van der Waals surface area contributed by atoms with Crippen molar-refractivity contribution < 1.29 is 151 Å². The van der Waals surface area contributed by atoms with Crippen LogP contribution in [0.5, 0.6) is 132 Å². The zero-order valence-electron chi connectivity index (χ0n) is 81.4. The summed E-state index contributed by atoms with van der Waals surface area (Å²) in [4.78, 5) is 23.2. The first-order valence-electron chi connectivity index (χ1n) is 43.3. The number of esters is 1. The quantitative estimate of drug-likeness (QED) is 0.0161. The molecule has 0 aromatic heterocycles. The molecule has 31 heteroatoms. The molecule has 0 bridgehead atoms. The fraction of sp³-hybridized carbons (Fsp3) is 0.308. The van der Waals surface area contributed by atoms with Crippen molar-refractivity contribution in [2.45, 2.75) is 98.8 Å². The van der Waals surface area contributed by atoms with E-state index in [4.69, 9.17) is 85.3 Å². The van der Waals surface area contributed by atoms with E-state index in [0.29, 0.717) is 93.5 Å². The van der Waals surface area contributed by atoms with Gasteiger partial charge in [0.15, 0.2) is 92.0 Å². The van der Waals surface area contributed by atoms with E-state index in [2.05, 4.69) is 13.2 Å². The van der Waals surface area contributed by atoms with Crippen LogP contribution in [0, 0.1) is 38.0 Å². The van der Waals surface area contributed by atoms with Gasteiger partial charge >= 0.3 is 11.9 Å². The zero-order chi connectivity index (χ0) is 102. The average Bonchev–Trinajstić information content (AvgIpc) is 1.58. The van der Waals surface area contributed by atoms with E-state index in [9.17, 15) is 65.8 Å². The van der Waals surface area contributed by atoms with Gasteiger partial charge in [-0.3, -0.25) is 4.79 Å². The number of allylic oxidation sites excluding steroid dienone is 6. The van der Waals surface area contributed by atoms with E-state index in [1.165, 1.54) is 95.2 Å². The molecule has 5 aliphatic rings. The van der Waals surface area contributed by atoms with Crippen molar-refractivity contribution >= 4 is 54.5 Å². The lowest BCUT2D eigenvalue weighted by molar-refractivity contribution is -0.180. The highest BCUT2D eigenvalue weighted by atomic mass is 16.6. The molecule has 3 fully saturated rings. The lowest BCUT2D eigenvalue weighted by Gasteiger charge is -2.40. The van der Waals surface area contributed by atoms with Gasteiger partial charge in [0.2, 0.25) is 23.0 Å². The van der Waals surface area contributed by atoms with Crippen LogP contribution in [-0.4, -0.2) is 192 Å². The normalized spacial score (nSPS) is 17.7. The summed E-state index contributed by atoms with van der Waals surface area (Å²) >= 11 is 0. The van der Waals surface area contributed by atoms with Crippen molar-refractivity contribution in [2.75, 3.05) is 106 Å². The highest BCUT2D eigenvalue weighted by molar-refractivity contribution is 5.87. The number of ether oxygens (including phenoxy) is 18. The Balaban J connectivity index is 0.000000219. The van der Waals surface area contributed by atoms with Crippen molar-refractivity contribution in [2.24, 2.45) is 17.3 Å². The summed E-state index contributed by atoms with van der Waals surface area (Å²) in [5, 5.41) is 106. The minimum Gasteiger partial charge on any atom is -0.504 e. The van der Waals surface area contributed by atoms with Gasteiger partial charge in [0.1, 0.15) is 41.0 Å². The molecule has 9 aromatic carbocycles. The lowest BCUT2D eigenvalue weighted by atomic mass is 9.72. The second-order valence-electron chi connectivity index (χ2n) is 31.4. The molecular weight excluding hydrogens is 1780 g/mol. The third-order valence-electron chi connectivity index (χ3n) is 22.2. The van der Waals surface area contributed by atoms with Gasteiger partial charge in [-0.25, -0.2) is 4.79 Å². The number of methoxy groups -OCH3 is 13. The third-order valence-corrected chi connectivity index (χ3v) is 22.2. The van der Waals surface area contributed by atoms with E-state index in [1.807, 2.05) is 158 Å². The highest BCUT2D eigenvalue weighted by Crippen LogP contribution is 2.54. The first-order valence-corrected chi connectivity index (χ1v) is 43.3. The number of aliphatic hydroxyl groups is 2. The van der Waals surface area contributed by atoms with E-state index < -0.39 is 35.7 Å². The number of fused-ring (bicyclic) bond motifs is 3. The van der Waals surface area contributed by atoms with Crippen molar-refractivity contribution in [1.29, 1.82) is 0 Å². The molecule has 740 valence electrons. The monoisotopic (exact) mass is 1910 g/mol. The molecule has 0 radical (unpaired) electrons. The van der Waals surface area contributed by atoms with Crippen LogP contribution in [0.25, 0.3) is 42.5 Å². The number of phenols is 8. The van der Waals surface area contributed by atoms with Crippen LogP contribution in [0.1, 0.15) is 126 Å². The number of carbonyl (C=O) groups excluding carboxylic acids is 1. The van der Waals surface area contributed by atoms with Crippen LogP contribution in [0.2, 0.25) is 0 Å². The molecule has 138 heavy (non-hydrogen) atoms. The predicted molar refractivity (Wildman–Crippen MR) is 527 cm³/mol. The number of carbonyl (C=O) groups is 2. The summed E-state index contributed by atoms with van der Waals surface area (Å²) in [6, 6.07) is 32.8. The van der Waals surface area contributed by atoms with Gasteiger partial charge in [0.05, 0.1) is 129 Å². The molecular formula is C107H126O31. The maximum atomic E-state index is 11.9. The van der Waals surface area contributed by atoms with Gasteiger partial charge in [-0.2, -0.15) is 0 Å². The number of aliphatic hydroxyl groups excluding tert-OH is 2. The second kappa shape index (κ2) is 52.6. The Morgan fingerprint density at radius 3 is 1.14 bits per heavy atom. The zero-order valence-corrected chi connectivity index (χ0v) is 81.4. The van der Waals surface area contributed by atoms with Crippen molar-refractivity contribution in [3.8, 4) is 132 Å². The van der Waals surface area contributed by atoms with Gasteiger partial charge in [0.25, 0.3) is 0 Å². The lowest BCUT2D eigenvalue weighted by Crippen LogP contribution is -2.52. The highest BCUT2D eigenvalue weighted by Gasteiger charge is 2.50. The minimum absolute atomic E-state index is 0.0273. The van der Waals surface area contributed by atoms with Crippen molar-refractivity contribution in [1.82, 2.24) is 0 Å². The van der Waals surface area contributed by atoms with Crippen molar-refractivity contribution in [3.05, 3.63) is 249 Å². The Morgan fingerprint density at radius 2 is 0.739 bits per heavy atom. The molecule has 14 rings (SSSR count). The Bertz CT molecular complexity index is 5600. The molecule has 11 N–H and O–H groups in total. The molecule has 1 saturated carbocycles. The maximum Gasteiger partial charge on any atom is 0.331 e. The molecule has 6 unspecified atom stereocenters. The van der Waals surface area contributed by atoms with Gasteiger partial charge in [-0.05, 0) is 234 Å². The minimum atomic E-state index is -1.37. The predicted octanol–water partition coefficient (Wildman–Crippen LogP) is 19.8. The summed E-state index contributed by atoms with van der Waals surface area (Å²) in [6.45, 7) is 23.5. The second-order valence-corrected chi connectivity index (χ2v) is 31.4. The SMILES string of the molecule is C/C=C/c1cc(OC)c(C)c(OC)c1.C/C=C/c1cc(OC)c(O)c(OC)c1.C/C=C/c1ccc(O)c(OC)c1.C/C=C/c1ccc(O)c(OC)c1.C=C1C=Cc2cc(OC)c(C)c(OC)c2O1.C=C1C=Cc2cc(OC)c(O)c(OC)c2O1.CC1(C(=O)O)CC(O)C(O)C(OC(=O)/C=C/c2ccc(O)c(O)c2)C1.COc1cc([C@H]2OCC3C2CO[C@@H]3c2cc(OC)c(O)c(OC)c2)cc(C)c1O.